The minimum Gasteiger partial charge on any atom is -0.481 e. The molecule has 5 heteroatoms. The van der Waals surface area contributed by atoms with Crippen LogP contribution < -0.4 is 0 Å². The summed E-state index contributed by atoms with van der Waals surface area (Å²) in [6.07, 6.45) is -4.33. The summed E-state index contributed by atoms with van der Waals surface area (Å²) in [5, 5.41) is 8.80. The third kappa shape index (κ3) is 3.94. The van der Waals surface area contributed by atoms with Crippen molar-refractivity contribution in [2.75, 3.05) is 0 Å². The Kier molecular flexibility index (Phi) is 3.93. The van der Waals surface area contributed by atoms with Gasteiger partial charge in [0.25, 0.3) is 0 Å². The Balaban J connectivity index is 2.97. The van der Waals surface area contributed by atoms with Crippen LogP contribution in [0.25, 0.3) is 6.08 Å². The number of carboxylic acids is 1. The molecule has 92 valence electrons. The molecule has 1 atom stereocenters. The zero-order chi connectivity index (χ0) is 13.1. The molecule has 0 spiro atoms. The van der Waals surface area contributed by atoms with Gasteiger partial charge in [0.1, 0.15) is 0 Å². The number of halogens is 3. The lowest BCUT2D eigenvalue weighted by atomic mass is 9.95. The molecule has 1 N–H and O–H groups in total. The van der Waals surface area contributed by atoms with Crippen LogP contribution in [0.3, 0.4) is 0 Å². The molecule has 1 rings (SSSR count). The Labute approximate surface area is 96.4 Å². The van der Waals surface area contributed by atoms with Crippen molar-refractivity contribution in [3.8, 4) is 0 Å². The summed E-state index contributed by atoms with van der Waals surface area (Å²) in [6.45, 7) is 3.50. The molecule has 0 aliphatic rings. The summed E-state index contributed by atoms with van der Waals surface area (Å²) in [5.74, 6) is -3.04. The van der Waals surface area contributed by atoms with Crippen molar-refractivity contribution in [1.29, 1.82) is 0 Å². The lowest BCUT2D eigenvalue weighted by molar-refractivity contribution is -0.157. The van der Waals surface area contributed by atoms with Gasteiger partial charge in [-0.15, -0.1) is 0 Å². The first kappa shape index (κ1) is 13.3. The van der Waals surface area contributed by atoms with E-state index in [4.69, 9.17) is 5.11 Å². The number of hydrogen-bond donors (Lipinski definition) is 1. The zero-order valence-electron chi connectivity index (χ0n) is 8.87. The van der Waals surface area contributed by atoms with E-state index in [1.807, 2.05) is 0 Å². The molecule has 0 fully saturated rings. The van der Waals surface area contributed by atoms with E-state index in [1.165, 1.54) is 30.3 Å². The van der Waals surface area contributed by atoms with E-state index in [1.54, 1.807) is 0 Å². The number of carboxylic acid groups (broad SMARTS) is 1. The Morgan fingerprint density at radius 1 is 1.35 bits per heavy atom. The van der Waals surface area contributed by atoms with E-state index in [-0.39, 0.29) is 5.56 Å². The van der Waals surface area contributed by atoms with Gasteiger partial charge in [-0.1, -0.05) is 36.9 Å². The van der Waals surface area contributed by atoms with Gasteiger partial charge in [-0.3, -0.25) is 4.79 Å². The van der Waals surface area contributed by atoms with Crippen molar-refractivity contribution in [3.05, 3.63) is 42.0 Å². The molecule has 2 nitrogen and oxygen atoms in total. The molecule has 0 aliphatic carbocycles. The molecule has 0 radical (unpaired) electrons. The topological polar surface area (TPSA) is 37.3 Å². The molecule has 17 heavy (non-hydrogen) atoms. The smallest absolute Gasteiger partial charge is 0.390 e. The van der Waals surface area contributed by atoms with Gasteiger partial charge in [-0.25, -0.2) is 0 Å². The minimum atomic E-state index is -4.50. The average molecular weight is 244 g/mol. The fraction of sp³-hybridized carbons (Fsp3) is 0.250. The van der Waals surface area contributed by atoms with Crippen molar-refractivity contribution in [1.82, 2.24) is 0 Å². The van der Waals surface area contributed by atoms with Crippen LogP contribution in [0.4, 0.5) is 13.2 Å². The average Bonchev–Trinajstić information content (AvgIpc) is 2.25. The molecule has 0 heterocycles. The van der Waals surface area contributed by atoms with Gasteiger partial charge in [0.05, 0.1) is 12.3 Å². The van der Waals surface area contributed by atoms with Gasteiger partial charge >= 0.3 is 12.1 Å². The number of carbonyl (C=O) groups is 1. The lowest BCUT2D eigenvalue weighted by Gasteiger charge is -2.15. The second-order valence-electron chi connectivity index (χ2n) is 3.58. The molecular weight excluding hydrogens is 233 g/mol. The third-order valence-corrected chi connectivity index (χ3v) is 2.31. The number of benzene rings is 1. The fourth-order valence-electron chi connectivity index (χ4n) is 1.44. The monoisotopic (exact) mass is 244 g/mol. The summed E-state index contributed by atoms with van der Waals surface area (Å²) in [5.41, 5.74) is 0.866. The van der Waals surface area contributed by atoms with Crippen molar-refractivity contribution < 1.29 is 23.1 Å². The minimum absolute atomic E-state index is 0.139. The van der Waals surface area contributed by atoms with Gasteiger partial charge in [-0.2, -0.15) is 13.2 Å². The highest BCUT2D eigenvalue weighted by molar-refractivity contribution is 5.76. The lowest BCUT2D eigenvalue weighted by Crippen LogP contribution is -2.20. The van der Waals surface area contributed by atoms with Crippen LogP contribution in [-0.4, -0.2) is 17.3 Å². The molecular formula is C12H11F3O2. The van der Waals surface area contributed by atoms with Crippen LogP contribution >= 0.6 is 0 Å². The van der Waals surface area contributed by atoms with Crippen LogP contribution in [0.2, 0.25) is 0 Å². The number of hydrogen-bond acceptors (Lipinski definition) is 1. The summed E-state index contributed by atoms with van der Waals surface area (Å²) in [4.78, 5) is 10.8. The third-order valence-electron chi connectivity index (χ3n) is 2.31. The van der Waals surface area contributed by atoms with Gasteiger partial charge < -0.3 is 5.11 Å². The molecule has 0 bridgehead atoms. The van der Waals surface area contributed by atoms with Crippen molar-refractivity contribution in [2.45, 2.75) is 18.5 Å². The Morgan fingerprint density at radius 2 is 1.88 bits per heavy atom. The summed E-state index contributed by atoms with van der Waals surface area (Å²) >= 11 is 0. The van der Waals surface area contributed by atoms with E-state index < -0.39 is 24.5 Å². The van der Waals surface area contributed by atoms with Crippen molar-refractivity contribution in [2.24, 2.45) is 0 Å². The SMILES string of the molecule is C=Cc1ccc(C(CC(F)(F)F)C(=O)O)cc1. The largest absolute Gasteiger partial charge is 0.481 e. The van der Waals surface area contributed by atoms with Crippen LogP contribution in [0.15, 0.2) is 30.8 Å². The highest BCUT2D eigenvalue weighted by Crippen LogP contribution is 2.31. The van der Waals surface area contributed by atoms with E-state index >= 15 is 0 Å². The molecule has 0 amide bonds. The molecule has 0 saturated heterocycles. The molecule has 1 unspecified atom stereocenters. The van der Waals surface area contributed by atoms with Crippen LogP contribution in [0, 0.1) is 0 Å². The number of rotatable bonds is 4. The maximum atomic E-state index is 12.2. The number of aliphatic carboxylic acids is 1. The first-order chi connectivity index (χ1) is 7.83. The van der Waals surface area contributed by atoms with Crippen molar-refractivity contribution in [3.63, 3.8) is 0 Å². The van der Waals surface area contributed by atoms with E-state index in [0.29, 0.717) is 0 Å². The second-order valence-corrected chi connectivity index (χ2v) is 3.58. The second kappa shape index (κ2) is 5.03. The Morgan fingerprint density at radius 3 is 2.24 bits per heavy atom. The quantitative estimate of drug-likeness (QED) is 0.880. The van der Waals surface area contributed by atoms with Gasteiger partial charge in [0, 0.05) is 0 Å². The van der Waals surface area contributed by atoms with Crippen molar-refractivity contribution >= 4 is 12.0 Å². The molecule has 0 aromatic heterocycles. The van der Waals surface area contributed by atoms with Gasteiger partial charge in [-0.05, 0) is 11.1 Å². The molecule has 1 aromatic carbocycles. The zero-order valence-corrected chi connectivity index (χ0v) is 8.87. The van der Waals surface area contributed by atoms with Crippen LogP contribution in [0.5, 0.6) is 0 Å². The van der Waals surface area contributed by atoms with Gasteiger partial charge in [0.2, 0.25) is 0 Å². The van der Waals surface area contributed by atoms with E-state index in [9.17, 15) is 18.0 Å². The van der Waals surface area contributed by atoms with Crippen LogP contribution in [-0.2, 0) is 4.79 Å². The summed E-state index contributed by atoms with van der Waals surface area (Å²) in [6, 6.07) is 5.83. The van der Waals surface area contributed by atoms with E-state index in [0.717, 1.165) is 5.56 Å². The standard InChI is InChI=1S/C12H11F3O2/c1-2-8-3-5-9(6-4-8)10(11(16)17)7-12(13,14)15/h2-6,10H,1,7H2,(H,16,17). The molecule has 1 aromatic rings. The summed E-state index contributed by atoms with van der Waals surface area (Å²) in [7, 11) is 0. The summed E-state index contributed by atoms with van der Waals surface area (Å²) < 4.78 is 36.7. The predicted molar refractivity (Wildman–Crippen MR) is 57.6 cm³/mol. The predicted octanol–water partition coefficient (Wildman–Crippen LogP) is 3.45. The molecule has 0 saturated carbocycles. The maximum Gasteiger partial charge on any atom is 0.390 e. The molecule has 0 aliphatic heterocycles. The Bertz CT molecular complexity index is 407. The highest BCUT2D eigenvalue weighted by atomic mass is 19.4. The highest BCUT2D eigenvalue weighted by Gasteiger charge is 2.36. The normalized spacial score (nSPS) is 13.1. The van der Waals surface area contributed by atoms with E-state index in [2.05, 4.69) is 6.58 Å². The van der Waals surface area contributed by atoms with Crippen LogP contribution in [0.1, 0.15) is 23.5 Å². The van der Waals surface area contributed by atoms with Gasteiger partial charge in [0.15, 0.2) is 0 Å². The Hall–Kier alpha value is -1.78. The number of alkyl halides is 3. The maximum absolute atomic E-state index is 12.2. The first-order valence-electron chi connectivity index (χ1n) is 4.85. The first-order valence-corrected chi connectivity index (χ1v) is 4.85. The fourth-order valence-corrected chi connectivity index (χ4v) is 1.44.